The van der Waals surface area contributed by atoms with Crippen LogP contribution in [-0.4, -0.2) is 54.9 Å². The minimum Gasteiger partial charge on any atom is -0.369 e. The highest BCUT2D eigenvalue weighted by molar-refractivity contribution is 6.03. The van der Waals surface area contributed by atoms with Gasteiger partial charge in [-0.05, 0) is 42.9 Å². The molecule has 1 fully saturated rings. The lowest BCUT2D eigenvalue weighted by molar-refractivity contribution is -0.126. The summed E-state index contributed by atoms with van der Waals surface area (Å²) in [7, 11) is 2.13. The van der Waals surface area contributed by atoms with Crippen molar-refractivity contribution in [2.24, 2.45) is 0 Å². The zero-order valence-corrected chi connectivity index (χ0v) is 15.5. The second-order valence-corrected chi connectivity index (χ2v) is 6.70. The molecule has 2 amide bonds. The van der Waals surface area contributed by atoms with E-state index in [-0.39, 0.29) is 18.2 Å². The quantitative estimate of drug-likeness (QED) is 0.756. The number of hydrogen-bond donors (Lipinski definition) is 2. The van der Waals surface area contributed by atoms with Crippen LogP contribution in [0.15, 0.2) is 48.8 Å². The van der Waals surface area contributed by atoms with E-state index < -0.39 is 0 Å². The molecule has 0 bridgehead atoms. The van der Waals surface area contributed by atoms with Gasteiger partial charge in [0.25, 0.3) is 0 Å². The Kier molecular flexibility index (Phi) is 6.38. The maximum atomic E-state index is 12.1. The molecule has 1 aromatic heterocycles. The molecule has 7 nitrogen and oxygen atoms in total. The van der Waals surface area contributed by atoms with Crippen molar-refractivity contribution < 1.29 is 9.59 Å². The minimum atomic E-state index is -0.328. The Morgan fingerprint density at radius 3 is 2.44 bits per heavy atom. The summed E-state index contributed by atoms with van der Waals surface area (Å²) in [6.07, 6.45) is 3.15. The van der Waals surface area contributed by atoms with Gasteiger partial charge in [0.1, 0.15) is 6.42 Å². The van der Waals surface area contributed by atoms with Crippen LogP contribution in [-0.2, 0) is 16.1 Å². The number of rotatable bonds is 6. The molecule has 1 aliphatic rings. The second-order valence-electron chi connectivity index (χ2n) is 6.70. The molecule has 2 aromatic rings. The molecule has 2 heterocycles. The Morgan fingerprint density at radius 2 is 1.78 bits per heavy atom. The van der Waals surface area contributed by atoms with Gasteiger partial charge >= 0.3 is 0 Å². The van der Waals surface area contributed by atoms with Crippen molar-refractivity contribution in [2.45, 2.75) is 13.0 Å². The summed E-state index contributed by atoms with van der Waals surface area (Å²) in [5.41, 5.74) is 2.74. The van der Waals surface area contributed by atoms with Crippen LogP contribution in [0.25, 0.3) is 0 Å². The van der Waals surface area contributed by atoms with Crippen molar-refractivity contribution in [2.75, 3.05) is 43.4 Å². The predicted octanol–water partition coefficient (Wildman–Crippen LogP) is 1.48. The van der Waals surface area contributed by atoms with Gasteiger partial charge < -0.3 is 20.4 Å². The molecule has 7 heteroatoms. The van der Waals surface area contributed by atoms with E-state index >= 15 is 0 Å². The average molecular weight is 367 g/mol. The summed E-state index contributed by atoms with van der Waals surface area (Å²) in [6, 6.07) is 11.4. The molecule has 2 N–H and O–H groups in total. The molecule has 0 spiro atoms. The zero-order chi connectivity index (χ0) is 19.1. The van der Waals surface area contributed by atoms with Crippen LogP contribution >= 0.6 is 0 Å². The lowest BCUT2D eigenvalue weighted by atomic mass is 10.2. The van der Waals surface area contributed by atoms with Gasteiger partial charge in [-0.1, -0.05) is 6.07 Å². The molecule has 27 heavy (non-hydrogen) atoms. The van der Waals surface area contributed by atoms with E-state index in [0.29, 0.717) is 12.2 Å². The molecule has 0 unspecified atom stereocenters. The molecule has 142 valence electrons. The van der Waals surface area contributed by atoms with Gasteiger partial charge in [-0.2, -0.15) is 0 Å². The van der Waals surface area contributed by atoms with Gasteiger partial charge in [0.05, 0.1) is 0 Å². The number of nitrogens with zero attached hydrogens (tertiary/aromatic N) is 3. The Morgan fingerprint density at radius 1 is 1.04 bits per heavy atom. The van der Waals surface area contributed by atoms with Crippen LogP contribution in [0.2, 0.25) is 0 Å². The number of benzene rings is 1. The van der Waals surface area contributed by atoms with E-state index in [0.717, 1.165) is 37.4 Å². The summed E-state index contributed by atoms with van der Waals surface area (Å²) in [6.45, 7) is 4.46. The Balaban J connectivity index is 1.44. The first kappa shape index (κ1) is 18.8. The van der Waals surface area contributed by atoms with Crippen LogP contribution in [0.4, 0.5) is 11.4 Å². The highest BCUT2D eigenvalue weighted by atomic mass is 16.2. The van der Waals surface area contributed by atoms with Crippen molar-refractivity contribution in [1.82, 2.24) is 15.2 Å². The molecule has 0 aliphatic carbocycles. The van der Waals surface area contributed by atoms with Gasteiger partial charge in [0.2, 0.25) is 11.8 Å². The fourth-order valence-electron chi connectivity index (χ4n) is 2.94. The Hall–Kier alpha value is -2.93. The van der Waals surface area contributed by atoms with Gasteiger partial charge in [-0.25, -0.2) is 0 Å². The first-order valence-corrected chi connectivity index (χ1v) is 9.09. The standard InChI is InChI=1S/C20H25N5O2/c1-24-9-11-25(12-10-24)18-6-4-17(5-7-18)23-20(27)13-19(26)22-15-16-3-2-8-21-14-16/h2-8,14H,9-13,15H2,1H3,(H,22,26)(H,23,27). The number of carbonyl (C=O) groups excluding carboxylic acids is 2. The van der Waals surface area contributed by atoms with Crippen LogP contribution < -0.4 is 15.5 Å². The molecule has 3 rings (SSSR count). The van der Waals surface area contributed by atoms with Crippen LogP contribution in [0.1, 0.15) is 12.0 Å². The number of aromatic nitrogens is 1. The number of carbonyl (C=O) groups is 2. The molecule has 1 aromatic carbocycles. The van der Waals surface area contributed by atoms with Crippen molar-refractivity contribution >= 4 is 23.2 Å². The predicted molar refractivity (Wildman–Crippen MR) is 105 cm³/mol. The summed E-state index contributed by atoms with van der Waals surface area (Å²) < 4.78 is 0. The van der Waals surface area contributed by atoms with E-state index in [1.165, 1.54) is 0 Å². The maximum absolute atomic E-state index is 12.1. The number of pyridine rings is 1. The van der Waals surface area contributed by atoms with Crippen molar-refractivity contribution in [3.63, 3.8) is 0 Å². The number of nitrogens with one attached hydrogen (secondary N) is 2. The smallest absolute Gasteiger partial charge is 0.233 e. The lowest BCUT2D eigenvalue weighted by Crippen LogP contribution is -2.44. The molecular weight excluding hydrogens is 342 g/mol. The third-order valence-electron chi connectivity index (χ3n) is 4.55. The number of anilines is 2. The molecule has 0 atom stereocenters. The monoisotopic (exact) mass is 367 g/mol. The Labute approximate surface area is 159 Å². The maximum Gasteiger partial charge on any atom is 0.233 e. The first-order valence-electron chi connectivity index (χ1n) is 9.09. The van der Waals surface area contributed by atoms with Gasteiger partial charge in [-0.3, -0.25) is 14.6 Å². The molecular formula is C20H25N5O2. The SMILES string of the molecule is CN1CCN(c2ccc(NC(=O)CC(=O)NCc3cccnc3)cc2)CC1. The molecule has 0 saturated carbocycles. The topological polar surface area (TPSA) is 77.6 Å². The number of piperazine rings is 1. The van der Waals surface area contributed by atoms with E-state index in [4.69, 9.17) is 0 Å². The Bertz CT molecular complexity index is 756. The highest BCUT2D eigenvalue weighted by Crippen LogP contribution is 2.19. The third kappa shape index (κ3) is 5.79. The van der Waals surface area contributed by atoms with Crippen LogP contribution in [0.5, 0.6) is 0 Å². The molecule has 1 aliphatic heterocycles. The van der Waals surface area contributed by atoms with Gasteiger partial charge in [0, 0.05) is 56.5 Å². The van der Waals surface area contributed by atoms with Gasteiger partial charge in [-0.15, -0.1) is 0 Å². The number of likely N-dealkylation sites (N-methyl/N-ethyl adjacent to an activating group) is 1. The number of amides is 2. The van der Waals surface area contributed by atoms with E-state index in [1.807, 2.05) is 30.3 Å². The van der Waals surface area contributed by atoms with Crippen molar-refractivity contribution in [3.8, 4) is 0 Å². The summed E-state index contributed by atoms with van der Waals surface area (Å²) in [5.74, 6) is -0.642. The molecule has 1 saturated heterocycles. The summed E-state index contributed by atoms with van der Waals surface area (Å²) >= 11 is 0. The summed E-state index contributed by atoms with van der Waals surface area (Å²) in [4.78, 5) is 32.6. The lowest BCUT2D eigenvalue weighted by Gasteiger charge is -2.34. The first-order chi connectivity index (χ1) is 13.1. The molecule has 0 radical (unpaired) electrons. The van der Waals surface area contributed by atoms with Crippen molar-refractivity contribution in [1.29, 1.82) is 0 Å². The van der Waals surface area contributed by atoms with Gasteiger partial charge in [0.15, 0.2) is 0 Å². The minimum absolute atomic E-state index is 0.208. The third-order valence-corrected chi connectivity index (χ3v) is 4.55. The van der Waals surface area contributed by atoms with Crippen LogP contribution in [0, 0.1) is 0 Å². The second kappa shape index (κ2) is 9.14. The highest BCUT2D eigenvalue weighted by Gasteiger charge is 2.14. The fraction of sp³-hybridized carbons (Fsp3) is 0.350. The van der Waals surface area contributed by atoms with E-state index in [1.54, 1.807) is 18.5 Å². The average Bonchev–Trinajstić information content (AvgIpc) is 2.68. The van der Waals surface area contributed by atoms with E-state index in [9.17, 15) is 9.59 Å². The largest absolute Gasteiger partial charge is 0.369 e. The fourth-order valence-corrected chi connectivity index (χ4v) is 2.94. The van der Waals surface area contributed by atoms with E-state index in [2.05, 4.69) is 32.5 Å². The normalized spacial score (nSPS) is 14.6. The van der Waals surface area contributed by atoms with Crippen LogP contribution in [0.3, 0.4) is 0 Å². The number of hydrogen-bond acceptors (Lipinski definition) is 5. The zero-order valence-electron chi connectivity index (χ0n) is 15.5. The van der Waals surface area contributed by atoms with Crippen molar-refractivity contribution in [3.05, 3.63) is 54.4 Å². The summed E-state index contributed by atoms with van der Waals surface area (Å²) in [5, 5.41) is 5.49.